The van der Waals surface area contributed by atoms with Crippen LogP contribution in [0.15, 0.2) is 33.7 Å². The lowest BCUT2D eigenvalue weighted by Gasteiger charge is -2.07. The second-order valence-corrected chi connectivity index (χ2v) is 5.68. The summed E-state index contributed by atoms with van der Waals surface area (Å²) in [6.07, 6.45) is 1.28. The number of nitrogens with zero attached hydrogens (tertiary/aromatic N) is 1. The van der Waals surface area contributed by atoms with Gasteiger partial charge in [-0.1, -0.05) is 0 Å². The van der Waals surface area contributed by atoms with Crippen LogP contribution >= 0.6 is 0 Å². The summed E-state index contributed by atoms with van der Waals surface area (Å²) in [5.41, 5.74) is 0.216. The van der Waals surface area contributed by atoms with Crippen LogP contribution in [0, 0.1) is 6.92 Å². The number of ether oxygens (including phenoxy) is 1. The fourth-order valence-electron chi connectivity index (χ4n) is 1.61. The van der Waals surface area contributed by atoms with Crippen LogP contribution in [-0.4, -0.2) is 31.6 Å². The van der Waals surface area contributed by atoms with Gasteiger partial charge in [-0.2, -0.15) is 0 Å². The second kappa shape index (κ2) is 5.44. The fourth-order valence-corrected chi connectivity index (χ4v) is 2.83. The van der Waals surface area contributed by atoms with Gasteiger partial charge in [0.25, 0.3) is 10.0 Å². The van der Waals surface area contributed by atoms with E-state index in [-0.39, 0.29) is 16.3 Å². The molecule has 0 aliphatic rings. The maximum Gasteiger partial charge on any atom is 0.371 e. The third kappa shape index (κ3) is 3.14. The number of carbonyl (C=O) groups is 1. The van der Waals surface area contributed by atoms with Crippen LogP contribution in [0.4, 0.5) is 5.69 Å². The van der Waals surface area contributed by atoms with Crippen LogP contribution in [0.2, 0.25) is 0 Å². The predicted molar refractivity (Wildman–Crippen MR) is 72.0 cm³/mol. The SMILES string of the molecule is COc1ccc(NS(=O)(=O)c2cc(C(=O)O)oc2C)cn1. The van der Waals surface area contributed by atoms with Gasteiger partial charge in [-0.15, -0.1) is 0 Å². The molecule has 9 heteroatoms. The van der Waals surface area contributed by atoms with Gasteiger partial charge in [0, 0.05) is 12.1 Å². The molecule has 0 atom stereocenters. The first kappa shape index (κ1) is 14.9. The zero-order valence-electron chi connectivity index (χ0n) is 11.2. The zero-order valence-corrected chi connectivity index (χ0v) is 12.0. The lowest BCUT2D eigenvalue weighted by atomic mass is 10.4. The van der Waals surface area contributed by atoms with E-state index in [2.05, 4.69) is 9.71 Å². The summed E-state index contributed by atoms with van der Waals surface area (Å²) in [5, 5.41) is 8.80. The molecular weight excluding hydrogens is 300 g/mol. The molecule has 21 heavy (non-hydrogen) atoms. The molecule has 0 spiro atoms. The van der Waals surface area contributed by atoms with Crippen LogP contribution in [0.1, 0.15) is 16.3 Å². The van der Waals surface area contributed by atoms with Crippen molar-refractivity contribution in [2.45, 2.75) is 11.8 Å². The molecule has 0 saturated heterocycles. The number of aromatic nitrogens is 1. The van der Waals surface area contributed by atoms with Crippen molar-refractivity contribution in [1.82, 2.24) is 4.98 Å². The van der Waals surface area contributed by atoms with Gasteiger partial charge >= 0.3 is 5.97 Å². The van der Waals surface area contributed by atoms with E-state index >= 15 is 0 Å². The summed E-state index contributed by atoms with van der Waals surface area (Å²) in [6, 6.07) is 3.91. The smallest absolute Gasteiger partial charge is 0.371 e. The van der Waals surface area contributed by atoms with Crippen LogP contribution in [-0.2, 0) is 10.0 Å². The Balaban J connectivity index is 2.31. The molecule has 112 valence electrons. The van der Waals surface area contributed by atoms with Crippen LogP contribution < -0.4 is 9.46 Å². The molecule has 0 aromatic carbocycles. The average Bonchev–Trinajstić information content (AvgIpc) is 2.82. The van der Waals surface area contributed by atoms with Gasteiger partial charge in [0.2, 0.25) is 11.6 Å². The van der Waals surface area contributed by atoms with Crippen molar-refractivity contribution >= 4 is 21.7 Å². The number of anilines is 1. The quantitative estimate of drug-likeness (QED) is 0.858. The second-order valence-electron chi connectivity index (χ2n) is 4.03. The number of sulfonamides is 1. The number of hydrogen-bond acceptors (Lipinski definition) is 6. The molecule has 0 amide bonds. The van der Waals surface area contributed by atoms with E-state index < -0.39 is 21.8 Å². The molecule has 0 bridgehead atoms. The number of hydrogen-bond donors (Lipinski definition) is 2. The number of pyridine rings is 1. The molecule has 2 aromatic heterocycles. The Morgan fingerprint density at radius 2 is 2.14 bits per heavy atom. The predicted octanol–water partition coefficient (Wildman–Crippen LogP) is 1.49. The lowest BCUT2D eigenvalue weighted by molar-refractivity contribution is 0.0661. The minimum atomic E-state index is -3.96. The number of carboxylic acid groups (broad SMARTS) is 1. The minimum absolute atomic E-state index is 0.0126. The molecule has 2 heterocycles. The largest absolute Gasteiger partial charge is 0.481 e. The highest BCUT2D eigenvalue weighted by Crippen LogP contribution is 2.23. The van der Waals surface area contributed by atoms with Crippen LogP contribution in [0.5, 0.6) is 5.88 Å². The van der Waals surface area contributed by atoms with Crippen molar-refractivity contribution in [1.29, 1.82) is 0 Å². The number of methoxy groups -OCH3 is 1. The molecule has 8 nitrogen and oxygen atoms in total. The van der Waals surface area contributed by atoms with Crippen molar-refractivity contribution in [3.63, 3.8) is 0 Å². The summed E-state index contributed by atoms with van der Waals surface area (Å²) in [6.45, 7) is 1.37. The number of furan rings is 1. The summed E-state index contributed by atoms with van der Waals surface area (Å²) in [7, 11) is -2.53. The molecule has 0 aliphatic heterocycles. The Kier molecular flexibility index (Phi) is 3.85. The number of carboxylic acids is 1. The fraction of sp³-hybridized carbons (Fsp3) is 0.167. The van der Waals surface area contributed by atoms with Gasteiger partial charge in [0.05, 0.1) is 19.0 Å². The average molecular weight is 312 g/mol. The summed E-state index contributed by atoms with van der Waals surface area (Å²) < 4.78 is 36.4. The molecule has 0 fully saturated rings. The molecule has 0 unspecified atom stereocenters. The third-order valence-corrected chi connectivity index (χ3v) is 4.06. The van der Waals surface area contributed by atoms with Gasteiger partial charge in [0.15, 0.2) is 0 Å². The van der Waals surface area contributed by atoms with Crippen LogP contribution in [0.25, 0.3) is 0 Å². The summed E-state index contributed by atoms with van der Waals surface area (Å²) >= 11 is 0. The van der Waals surface area contributed by atoms with Crippen LogP contribution in [0.3, 0.4) is 0 Å². The molecule has 2 N–H and O–H groups in total. The maximum absolute atomic E-state index is 12.2. The minimum Gasteiger partial charge on any atom is -0.481 e. The van der Waals surface area contributed by atoms with Crippen molar-refractivity contribution in [3.8, 4) is 5.88 Å². The van der Waals surface area contributed by atoms with Crippen molar-refractivity contribution in [3.05, 3.63) is 35.9 Å². The van der Waals surface area contributed by atoms with Crippen molar-refractivity contribution in [2.75, 3.05) is 11.8 Å². The Morgan fingerprint density at radius 3 is 2.62 bits per heavy atom. The first-order chi connectivity index (χ1) is 9.83. The maximum atomic E-state index is 12.2. The standard InChI is InChI=1S/C12H12N2O6S/c1-7-10(5-9(20-7)12(15)16)21(17,18)14-8-3-4-11(19-2)13-6-8/h3-6,14H,1-2H3,(H,15,16). The number of aromatic carboxylic acids is 1. The van der Waals surface area contributed by atoms with E-state index in [0.717, 1.165) is 6.07 Å². The van der Waals surface area contributed by atoms with Gasteiger partial charge in [-0.05, 0) is 13.0 Å². The highest BCUT2D eigenvalue weighted by Gasteiger charge is 2.24. The highest BCUT2D eigenvalue weighted by atomic mass is 32.2. The lowest BCUT2D eigenvalue weighted by Crippen LogP contribution is -2.13. The monoisotopic (exact) mass is 312 g/mol. The molecular formula is C12H12N2O6S. The molecule has 0 saturated carbocycles. The number of nitrogens with one attached hydrogen (secondary N) is 1. The topological polar surface area (TPSA) is 119 Å². The van der Waals surface area contributed by atoms with E-state index in [4.69, 9.17) is 14.3 Å². The van der Waals surface area contributed by atoms with E-state index in [1.807, 2.05) is 0 Å². The molecule has 0 aliphatic carbocycles. The normalized spacial score (nSPS) is 11.1. The van der Waals surface area contributed by atoms with E-state index in [1.165, 1.54) is 32.4 Å². The first-order valence-electron chi connectivity index (χ1n) is 5.70. The Morgan fingerprint density at radius 1 is 1.43 bits per heavy atom. The number of rotatable bonds is 5. The van der Waals surface area contributed by atoms with Crippen molar-refractivity contribution < 1.29 is 27.5 Å². The van der Waals surface area contributed by atoms with Crippen molar-refractivity contribution in [2.24, 2.45) is 0 Å². The third-order valence-electron chi connectivity index (χ3n) is 2.57. The van der Waals surface area contributed by atoms with Gasteiger partial charge < -0.3 is 14.3 Å². The first-order valence-corrected chi connectivity index (χ1v) is 7.18. The van der Waals surface area contributed by atoms with Gasteiger partial charge in [-0.25, -0.2) is 18.2 Å². The zero-order chi connectivity index (χ0) is 15.6. The number of aryl methyl sites for hydroxylation is 1. The molecule has 2 rings (SSSR count). The summed E-state index contributed by atoms with van der Waals surface area (Å²) in [4.78, 5) is 14.4. The van der Waals surface area contributed by atoms with E-state index in [9.17, 15) is 13.2 Å². The molecule has 2 aromatic rings. The van der Waals surface area contributed by atoms with Gasteiger partial charge in [0.1, 0.15) is 10.7 Å². The Hall–Kier alpha value is -2.55. The Bertz CT molecular complexity index is 764. The highest BCUT2D eigenvalue weighted by molar-refractivity contribution is 7.92. The van der Waals surface area contributed by atoms with Gasteiger partial charge in [-0.3, -0.25) is 4.72 Å². The van der Waals surface area contributed by atoms with E-state index in [1.54, 1.807) is 0 Å². The Labute approximate surface area is 120 Å². The van der Waals surface area contributed by atoms with E-state index in [0.29, 0.717) is 5.88 Å². The molecule has 0 radical (unpaired) electrons. The summed E-state index contributed by atoms with van der Waals surface area (Å²) in [5.74, 6) is -1.46.